The molecule has 1 aliphatic carbocycles. The fourth-order valence-corrected chi connectivity index (χ4v) is 3.40. The number of hydrogen-bond acceptors (Lipinski definition) is 4. The van der Waals surface area contributed by atoms with Crippen LogP contribution in [0.15, 0.2) is 24.3 Å². The highest BCUT2D eigenvalue weighted by Gasteiger charge is 2.24. The largest absolute Gasteiger partial charge is 0.493 e. The Kier molecular flexibility index (Phi) is 7.79. The third kappa shape index (κ3) is 5.78. The van der Waals surface area contributed by atoms with Gasteiger partial charge in [0, 0.05) is 12.6 Å². The van der Waals surface area contributed by atoms with E-state index in [1.807, 2.05) is 37.3 Å². The second kappa shape index (κ2) is 10.1. The summed E-state index contributed by atoms with van der Waals surface area (Å²) in [5.74, 6) is 1.52. The van der Waals surface area contributed by atoms with Gasteiger partial charge in [-0.25, -0.2) is 0 Å². The molecular formula is C20H30N2O3. The first-order valence-corrected chi connectivity index (χ1v) is 9.11. The van der Waals surface area contributed by atoms with E-state index in [0.29, 0.717) is 24.0 Å². The molecule has 0 radical (unpaired) electrons. The third-order valence-corrected chi connectivity index (χ3v) is 4.72. The number of nitrogens with one attached hydrogen (secondary N) is 1. The Hall–Kier alpha value is -2.01. The average molecular weight is 346 g/mol. The number of hydrogen-bond donors (Lipinski definition) is 2. The lowest BCUT2D eigenvalue weighted by Crippen LogP contribution is -2.47. The van der Waals surface area contributed by atoms with E-state index >= 15 is 0 Å². The summed E-state index contributed by atoms with van der Waals surface area (Å²) in [4.78, 5) is 12.3. The van der Waals surface area contributed by atoms with E-state index in [9.17, 15) is 4.79 Å². The molecule has 1 aromatic carbocycles. The Balaban J connectivity index is 1.90. The summed E-state index contributed by atoms with van der Waals surface area (Å²) >= 11 is 0. The topological polar surface area (TPSA) is 73.6 Å². The number of nitrogens with two attached hydrogens (primary N) is 1. The summed E-state index contributed by atoms with van der Waals surface area (Å²) in [7, 11) is 1.59. The zero-order valence-electron chi connectivity index (χ0n) is 15.3. The maximum absolute atomic E-state index is 12.3. The van der Waals surface area contributed by atoms with Crippen molar-refractivity contribution in [2.45, 2.75) is 45.1 Å². The van der Waals surface area contributed by atoms with Crippen LogP contribution in [0.3, 0.4) is 0 Å². The van der Waals surface area contributed by atoms with Crippen LogP contribution in [0.25, 0.3) is 6.08 Å². The molecule has 0 saturated heterocycles. The third-order valence-electron chi connectivity index (χ3n) is 4.72. The summed E-state index contributed by atoms with van der Waals surface area (Å²) in [5, 5.41) is 3.03. The molecule has 0 aromatic heterocycles. The molecule has 0 bridgehead atoms. The number of ether oxygens (including phenoxy) is 2. The van der Waals surface area contributed by atoms with E-state index in [1.54, 1.807) is 7.11 Å². The Bertz CT molecular complexity index is 580. The lowest BCUT2D eigenvalue weighted by Gasteiger charge is -2.30. The SMILES string of the molecule is C/C=C/c1ccc(OCC(=O)NC(CN)C2CCCCC2)c(OC)c1. The fourth-order valence-electron chi connectivity index (χ4n) is 3.40. The van der Waals surface area contributed by atoms with E-state index in [4.69, 9.17) is 15.2 Å². The summed E-state index contributed by atoms with van der Waals surface area (Å²) in [6.07, 6.45) is 9.96. The van der Waals surface area contributed by atoms with Gasteiger partial charge in [0.25, 0.3) is 5.91 Å². The lowest BCUT2D eigenvalue weighted by atomic mass is 9.84. The van der Waals surface area contributed by atoms with Crippen LogP contribution >= 0.6 is 0 Å². The van der Waals surface area contributed by atoms with Crippen LogP contribution in [-0.4, -0.2) is 32.2 Å². The monoisotopic (exact) mass is 346 g/mol. The molecule has 0 heterocycles. The van der Waals surface area contributed by atoms with Crippen LogP contribution in [0.4, 0.5) is 0 Å². The van der Waals surface area contributed by atoms with Crippen LogP contribution in [0.1, 0.15) is 44.6 Å². The van der Waals surface area contributed by atoms with Crippen molar-refractivity contribution in [2.24, 2.45) is 11.7 Å². The molecule has 1 amide bonds. The predicted molar refractivity (Wildman–Crippen MR) is 101 cm³/mol. The van der Waals surface area contributed by atoms with Gasteiger partial charge in [0.2, 0.25) is 0 Å². The second-order valence-corrected chi connectivity index (χ2v) is 6.51. The number of benzene rings is 1. The zero-order valence-corrected chi connectivity index (χ0v) is 15.3. The summed E-state index contributed by atoms with van der Waals surface area (Å²) in [5.41, 5.74) is 6.89. The minimum Gasteiger partial charge on any atom is -0.493 e. The molecular weight excluding hydrogens is 316 g/mol. The highest BCUT2D eigenvalue weighted by atomic mass is 16.5. The average Bonchev–Trinajstić information content (AvgIpc) is 2.65. The van der Waals surface area contributed by atoms with E-state index in [1.165, 1.54) is 19.3 Å². The quantitative estimate of drug-likeness (QED) is 0.758. The van der Waals surface area contributed by atoms with Crippen LogP contribution in [-0.2, 0) is 4.79 Å². The van der Waals surface area contributed by atoms with Crippen molar-refractivity contribution in [3.63, 3.8) is 0 Å². The van der Waals surface area contributed by atoms with Gasteiger partial charge in [-0.15, -0.1) is 0 Å². The van der Waals surface area contributed by atoms with Crippen molar-refractivity contribution in [1.29, 1.82) is 0 Å². The van der Waals surface area contributed by atoms with E-state index in [2.05, 4.69) is 5.32 Å². The van der Waals surface area contributed by atoms with E-state index in [-0.39, 0.29) is 18.6 Å². The number of carbonyl (C=O) groups is 1. The van der Waals surface area contributed by atoms with Gasteiger partial charge >= 0.3 is 0 Å². The Labute approximate surface area is 150 Å². The van der Waals surface area contributed by atoms with Crippen molar-refractivity contribution in [2.75, 3.05) is 20.3 Å². The molecule has 5 nitrogen and oxygen atoms in total. The number of rotatable bonds is 8. The zero-order chi connectivity index (χ0) is 18.1. The molecule has 1 atom stereocenters. The Morgan fingerprint density at radius 2 is 2.08 bits per heavy atom. The van der Waals surface area contributed by atoms with Crippen molar-refractivity contribution in [3.05, 3.63) is 29.8 Å². The molecule has 1 saturated carbocycles. The molecule has 1 unspecified atom stereocenters. The molecule has 1 fully saturated rings. The van der Waals surface area contributed by atoms with Crippen molar-refractivity contribution in [3.8, 4) is 11.5 Å². The maximum Gasteiger partial charge on any atom is 0.258 e. The minimum atomic E-state index is -0.138. The van der Waals surface area contributed by atoms with Crippen LogP contribution < -0.4 is 20.5 Å². The van der Waals surface area contributed by atoms with Crippen LogP contribution in [0.2, 0.25) is 0 Å². The van der Waals surface area contributed by atoms with Gasteiger partial charge < -0.3 is 20.5 Å². The molecule has 3 N–H and O–H groups in total. The minimum absolute atomic E-state index is 0.0374. The van der Waals surface area contributed by atoms with E-state index in [0.717, 1.165) is 18.4 Å². The van der Waals surface area contributed by atoms with Gasteiger partial charge in [0.15, 0.2) is 18.1 Å². The van der Waals surface area contributed by atoms with Gasteiger partial charge in [-0.05, 0) is 43.4 Å². The van der Waals surface area contributed by atoms with Crippen molar-refractivity contribution in [1.82, 2.24) is 5.32 Å². The van der Waals surface area contributed by atoms with Crippen LogP contribution in [0, 0.1) is 5.92 Å². The Morgan fingerprint density at radius 1 is 1.32 bits per heavy atom. The smallest absolute Gasteiger partial charge is 0.258 e. The summed E-state index contributed by atoms with van der Waals surface area (Å²) in [6, 6.07) is 5.68. The first kappa shape index (κ1) is 19.3. The maximum atomic E-state index is 12.3. The van der Waals surface area contributed by atoms with Crippen molar-refractivity contribution >= 4 is 12.0 Å². The molecule has 0 spiro atoms. The van der Waals surface area contributed by atoms with Crippen LogP contribution in [0.5, 0.6) is 11.5 Å². The van der Waals surface area contributed by atoms with Gasteiger partial charge in [0.1, 0.15) is 0 Å². The molecule has 138 valence electrons. The first-order valence-electron chi connectivity index (χ1n) is 9.11. The van der Waals surface area contributed by atoms with Gasteiger partial charge in [-0.2, -0.15) is 0 Å². The molecule has 0 aliphatic heterocycles. The fraction of sp³-hybridized carbons (Fsp3) is 0.550. The highest BCUT2D eigenvalue weighted by molar-refractivity contribution is 5.78. The summed E-state index contributed by atoms with van der Waals surface area (Å²) < 4.78 is 11.0. The molecule has 1 aliphatic rings. The Morgan fingerprint density at radius 3 is 2.72 bits per heavy atom. The number of methoxy groups -OCH3 is 1. The molecule has 25 heavy (non-hydrogen) atoms. The normalized spacial score (nSPS) is 16.6. The first-order chi connectivity index (χ1) is 12.2. The predicted octanol–water partition coefficient (Wildman–Crippen LogP) is 3.13. The molecule has 2 rings (SSSR count). The number of amides is 1. The number of carbonyl (C=O) groups excluding carboxylic acids is 1. The van der Waals surface area contributed by atoms with Gasteiger partial charge in [0.05, 0.1) is 7.11 Å². The van der Waals surface area contributed by atoms with Gasteiger partial charge in [-0.1, -0.05) is 37.5 Å². The standard InChI is InChI=1S/C20H30N2O3/c1-3-7-15-10-11-18(19(12-15)24-2)25-14-20(23)22-17(13-21)16-8-5-4-6-9-16/h3,7,10-12,16-17H,4-6,8-9,13-14,21H2,1-2H3,(H,22,23)/b7-3+. The lowest BCUT2D eigenvalue weighted by molar-refractivity contribution is -0.124. The number of allylic oxidation sites excluding steroid dienone is 1. The van der Waals surface area contributed by atoms with Crippen molar-refractivity contribution < 1.29 is 14.3 Å². The van der Waals surface area contributed by atoms with E-state index < -0.39 is 0 Å². The molecule has 5 heteroatoms. The second-order valence-electron chi connectivity index (χ2n) is 6.51. The highest BCUT2D eigenvalue weighted by Crippen LogP contribution is 2.29. The van der Waals surface area contributed by atoms with Gasteiger partial charge in [-0.3, -0.25) is 4.79 Å². The summed E-state index contributed by atoms with van der Waals surface area (Å²) in [6.45, 7) is 2.39. The molecule has 1 aromatic rings.